The van der Waals surface area contributed by atoms with E-state index in [1.165, 1.54) is 7.11 Å². The van der Waals surface area contributed by atoms with Crippen LogP contribution >= 0.6 is 0 Å². The summed E-state index contributed by atoms with van der Waals surface area (Å²) in [6.07, 6.45) is 2.09. The van der Waals surface area contributed by atoms with Crippen molar-refractivity contribution in [3.8, 4) is 0 Å². The molecule has 4 aromatic rings. The van der Waals surface area contributed by atoms with E-state index in [0.29, 0.717) is 11.6 Å². The number of rotatable bonds is 7. The summed E-state index contributed by atoms with van der Waals surface area (Å²) in [6, 6.07) is 17.1. The Balaban J connectivity index is 1.17. The Bertz CT molecular complexity index is 1230. The summed E-state index contributed by atoms with van der Waals surface area (Å²) in [5.74, 6) is 1.58. The number of nitrogens with zero attached hydrogens (tertiary/aromatic N) is 5. The third kappa shape index (κ3) is 4.60. The smallest absolute Gasteiger partial charge is 0.259 e. The Kier molecular flexibility index (Phi) is 5.81. The fourth-order valence-electron chi connectivity index (χ4n) is 3.98. The predicted octanol–water partition coefficient (Wildman–Crippen LogP) is 2.76. The van der Waals surface area contributed by atoms with E-state index in [2.05, 4.69) is 40.9 Å². The van der Waals surface area contributed by atoms with Gasteiger partial charge in [-0.25, -0.2) is 0 Å². The molecule has 3 aromatic heterocycles. The van der Waals surface area contributed by atoms with E-state index in [0.717, 1.165) is 41.9 Å². The molecule has 0 unspecified atom stereocenters. The van der Waals surface area contributed by atoms with Gasteiger partial charge in [0.1, 0.15) is 5.82 Å². The van der Waals surface area contributed by atoms with Gasteiger partial charge in [-0.15, -0.1) is 20.4 Å². The van der Waals surface area contributed by atoms with E-state index < -0.39 is 6.10 Å². The molecule has 10 heteroatoms. The van der Waals surface area contributed by atoms with E-state index in [1.807, 2.05) is 48.7 Å². The van der Waals surface area contributed by atoms with Gasteiger partial charge in [-0.3, -0.25) is 4.79 Å². The molecule has 2 atom stereocenters. The number of carbonyl (C=O) groups is 1. The first-order chi connectivity index (χ1) is 16.2. The Morgan fingerprint density at radius 1 is 1.09 bits per heavy atom. The van der Waals surface area contributed by atoms with Crippen LogP contribution < -0.4 is 15.5 Å². The quantitative estimate of drug-likeness (QED) is 0.398. The monoisotopic (exact) mass is 444 g/mol. The summed E-state index contributed by atoms with van der Waals surface area (Å²) in [6.45, 7) is 1.67. The average molecular weight is 444 g/mol. The van der Waals surface area contributed by atoms with Gasteiger partial charge in [-0.2, -0.15) is 0 Å². The van der Waals surface area contributed by atoms with Crippen molar-refractivity contribution in [2.45, 2.75) is 18.6 Å². The SMILES string of the molecule is CO[C@@H](C(=O)Nc1ccc(N[C@@H]2CCN(c3cc4cc[nH]c4nn3)C2)nn1)c1ccccc1. The zero-order valence-corrected chi connectivity index (χ0v) is 18.1. The Morgan fingerprint density at radius 3 is 2.70 bits per heavy atom. The van der Waals surface area contributed by atoms with Crippen molar-refractivity contribution in [1.29, 1.82) is 0 Å². The maximum atomic E-state index is 12.6. The van der Waals surface area contributed by atoms with E-state index in [9.17, 15) is 4.79 Å². The second-order valence-corrected chi connectivity index (χ2v) is 7.88. The van der Waals surface area contributed by atoms with Gasteiger partial charge in [-0.1, -0.05) is 30.3 Å². The minimum Gasteiger partial charge on any atom is -0.367 e. The molecule has 1 aliphatic heterocycles. The highest BCUT2D eigenvalue weighted by atomic mass is 16.5. The van der Waals surface area contributed by atoms with E-state index >= 15 is 0 Å². The molecular weight excluding hydrogens is 420 g/mol. The van der Waals surface area contributed by atoms with Crippen LogP contribution in [-0.4, -0.2) is 57.5 Å². The summed E-state index contributed by atoms with van der Waals surface area (Å²) < 4.78 is 5.36. The summed E-state index contributed by atoms with van der Waals surface area (Å²) in [4.78, 5) is 17.9. The molecular formula is C23H24N8O2. The number of hydrogen-bond acceptors (Lipinski definition) is 8. The molecule has 1 fully saturated rings. The molecule has 4 heterocycles. The van der Waals surface area contributed by atoms with Crippen molar-refractivity contribution in [3.05, 3.63) is 66.4 Å². The molecule has 3 N–H and O–H groups in total. The lowest BCUT2D eigenvalue weighted by Gasteiger charge is -2.18. The third-order valence-electron chi connectivity index (χ3n) is 5.65. The van der Waals surface area contributed by atoms with Gasteiger partial charge in [0.2, 0.25) is 0 Å². The van der Waals surface area contributed by atoms with Crippen molar-refractivity contribution in [1.82, 2.24) is 25.4 Å². The second kappa shape index (κ2) is 9.21. The van der Waals surface area contributed by atoms with Gasteiger partial charge in [0.15, 0.2) is 23.4 Å². The van der Waals surface area contributed by atoms with E-state index in [-0.39, 0.29) is 11.9 Å². The van der Waals surface area contributed by atoms with Gasteiger partial charge < -0.3 is 25.3 Å². The normalized spacial score (nSPS) is 16.6. The lowest BCUT2D eigenvalue weighted by Crippen LogP contribution is -2.27. The molecule has 0 saturated carbocycles. The number of amides is 1. The first-order valence-corrected chi connectivity index (χ1v) is 10.7. The Labute approximate surface area is 190 Å². The van der Waals surface area contributed by atoms with Crippen LogP contribution in [0.1, 0.15) is 18.1 Å². The van der Waals surface area contributed by atoms with Gasteiger partial charge in [0.25, 0.3) is 5.91 Å². The fraction of sp³-hybridized carbons (Fsp3) is 0.261. The number of methoxy groups -OCH3 is 1. The number of hydrogen-bond donors (Lipinski definition) is 3. The van der Waals surface area contributed by atoms with E-state index in [4.69, 9.17) is 4.74 Å². The standard InChI is InChI=1S/C23H24N8O2/c1-33-21(15-5-3-2-4-6-15)23(32)26-19-8-7-18(27-28-19)25-17-10-12-31(14-17)20-13-16-9-11-24-22(16)30-29-20/h2-9,11,13,17,21H,10,12,14H2,1H3,(H,24,30)(H,25,27)(H,26,28,32)/t17-,21-/m1/s1. The highest BCUT2D eigenvalue weighted by molar-refractivity contribution is 5.94. The van der Waals surface area contributed by atoms with Gasteiger partial charge in [0, 0.05) is 37.8 Å². The number of aromatic amines is 1. The van der Waals surface area contributed by atoms with Crippen molar-refractivity contribution in [3.63, 3.8) is 0 Å². The molecule has 0 bridgehead atoms. The van der Waals surface area contributed by atoms with Crippen LogP contribution in [0.25, 0.3) is 11.0 Å². The molecule has 10 nitrogen and oxygen atoms in total. The van der Waals surface area contributed by atoms with E-state index in [1.54, 1.807) is 12.1 Å². The molecule has 0 aliphatic carbocycles. The fourth-order valence-corrected chi connectivity index (χ4v) is 3.98. The number of aromatic nitrogens is 5. The first-order valence-electron chi connectivity index (χ1n) is 10.7. The first kappa shape index (κ1) is 20.8. The third-order valence-corrected chi connectivity index (χ3v) is 5.65. The highest BCUT2D eigenvalue weighted by Gasteiger charge is 2.25. The molecule has 1 aliphatic rings. The van der Waals surface area contributed by atoms with Crippen LogP contribution in [-0.2, 0) is 9.53 Å². The Hall–Kier alpha value is -4.05. The number of carbonyl (C=O) groups excluding carboxylic acids is 1. The largest absolute Gasteiger partial charge is 0.367 e. The lowest BCUT2D eigenvalue weighted by atomic mass is 10.1. The number of anilines is 3. The van der Waals surface area contributed by atoms with Gasteiger partial charge in [0.05, 0.1) is 0 Å². The zero-order valence-electron chi connectivity index (χ0n) is 18.1. The topological polar surface area (TPSA) is 121 Å². The number of ether oxygens (including phenoxy) is 1. The van der Waals surface area contributed by atoms with Crippen molar-refractivity contribution >= 4 is 34.4 Å². The molecule has 5 rings (SSSR count). The minimum atomic E-state index is -0.719. The van der Waals surface area contributed by atoms with Crippen LogP contribution in [0.4, 0.5) is 17.5 Å². The number of fused-ring (bicyclic) bond motifs is 1. The van der Waals surface area contributed by atoms with Crippen LogP contribution in [0.5, 0.6) is 0 Å². The summed E-state index contributed by atoms with van der Waals surface area (Å²) in [5, 5.41) is 24.1. The molecule has 168 valence electrons. The predicted molar refractivity (Wildman–Crippen MR) is 125 cm³/mol. The van der Waals surface area contributed by atoms with Crippen LogP contribution in [0.15, 0.2) is 60.8 Å². The number of benzene rings is 1. The highest BCUT2D eigenvalue weighted by Crippen LogP contribution is 2.23. The minimum absolute atomic E-state index is 0.208. The van der Waals surface area contributed by atoms with Crippen LogP contribution in [0, 0.1) is 0 Å². The van der Waals surface area contributed by atoms with Gasteiger partial charge in [-0.05, 0) is 36.2 Å². The second-order valence-electron chi connectivity index (χ2n) is 7.88. The molecule has 33 heavy (non-hydrogen) atoms. The molecule has 0 spiro atoms. The molecule has 1 amide bonds. The summed E-state index contributed by atoms with van der Waals surface area (Å²) in [5.41, 5.74) is 1.56. The Morgan fingerprint density at radius 2 is 1.91 bits per heavy atom. The maximum Gasteiger partial charge on any atom is 0.259 e. The lowest BCUT2D eigenvalue weighted by molar-refractivity contribution is -0.126. The zero-order chi connectivity index (χ0) is 22.6. The maximum absolute atomic E-state index is 12.6. The number of H-pyrrole nitrogens is 1. The summed E-state index contributed by atoms with van der Waals surface area (Å²) >= 11 is 0. The van der Waals surface area contributed by atoms with Crippen molar-refractivity contribution in [2.75, 3.05) is 35.7 Å². The van der Waals surface area contributed by atoms with Gasteiger partial charge >= 0.3 is 0 Å². The average Bonchev–Trinajstić information content (AvgIpc) is 3.50. The van der Waals surface area contributed by atoms with Crippen molar-refractivity contribution < 1.29 is 9.53 Å². The summed E-state index contributed by atoms with van der Waals surface area (Å²) in [7, 11) is 1.50. The number of nitrogens with one attached hydrogen (secondary N) is 3. The van der Waals surface area contributed by atoms with Crippen LogP contribution in [0.2, 0.25) is 0 Å². The molecule has 1 aromatic carbocycles. The molecule has 0 radical (unpaired) electrons. The molecule has 1 saturated heterocycles. The van der Waals surface area contributed by atoms with Crippen LogP contribution in [0.3, 0.4) is 0 Å². The van der Waals surface area contributed by atoms with Crippen molar-refractivity contribution in [2.24, 2.45) is 0 Å².